The molecule has 1 fully saturated rings. The van der Waals surface area contributed by atoms with Crippen LogP contribution in [0.1, 0.15) is 51.5 Å². The maximum absolute atomic E-state index is 6.31. The van der Waals surface area contributed by atoms with Gasteiger partial charge in [-0.2, -0.15) is 0 Å². The van der Waals surface area contributed by atoms with Crippen LogP contribution in [0.15, 0.2) is 18.2 Å². The highest BCUT2D eigenvalue weighted by atomic mass is 35.5. The van der Waals surface area contributed by atoms with E-state index < -0.39 is 0 Å². The minimum Gasteiger partial charge on any atom is -0.489 e. The Labute approximate surface area is 121 Å². The average molecular weight is 282 g/mol. The van der Waals surface area contributed by atoms with Crippen LogP contribution >= 0.6 is 11.6 Å². The first-order valence-electron chi connectivity index (χ1n) is 7.34. The highest BCUT2D eigenvalue weighted by Gasteiger charge is 2.18. The number of rotatable bonds is 5. The monoisotopic (exact) mass is 281 g/mol. The molecule has 1 N–H and O–H groups in total. The van der Waals surface area contributed by atoms with Crippen LogP contribution in [0.3, 0.4) is 0 Å². The molecule has 1 aromatic rings. The molecule has 1 aliphatic rings. The molecule has 106 valence electrons. The Morgan fingerprint density at radius 2 is 2.00 bits per heavy atom. The summed E-state index contributed by atoms with van der Waals surface area (Å²) in [5.74, 6) is 0.879. The van der Waals surface area contributed by atoms with Gasteiger partial charge in [0, 0.05) is 18.2 Å². The molecule has 2 rings (SSSR count). The molecule has 3 heteroatoms. The molecular formula is C16H24ClNO. The molecule has 0 radical (unpaired) electrons. The van der Waals surface area contributed by atoms with E-state index in [0.717, 1.165) is 35.7 Å². The van der Waals surface area contributed by atoms with E-state index in [1.165, 1.54) is 19.3 Å². The van der Waals surface area contributed by atoms with E-state index in [9.17, 15) is 0 Å². The summed E-state index contributed by atoms with van der Waals surface area (Å²) in [7, 11) is 0. The number of halogens is 1. The van der Waals surface area contributed by atoms with Crippen molar-refractivity contribution in [1.82, 2.24) is 5.32 Å². The molecule has 0 unspecified atom stereocenters. The average Bonchev–Trinajstić information content (AvgIpc) is 2.40. The Kier molecular flexibility index (Phi) is 5.53. The first-order valence-corrected chi connectivity index (χ1v) is 7.72. The maximum atomic E-state index is 6.31. The normalized spacial score (nSPS) is 16.8. The van der Waals surface area contributed by atoms with E-state index in [0.29, 0.717) is 12.1 Å². The largest absolute Gasteiger partial charge is 0.489 e. The van der Waals surface area contributed by atoms with Crippen molar-refractivity contribution >= 4 is 11.6 Å². The zero-order valence-electron chi connectivity index (χ0n) is 11.9. The minimum absolute atomic E-state index is 0.339. The number of para-hydroxylation sites is 1. The summed E-state index contributed by atoms with van der Waals surface area (Å²) in [5, 5.41) is 4.16. The van der Waals surface area contributed by atoms with E-state index in [4.69, 9.17) is 16.3 Å². The molecule has 1 aromatic carbocycles. The number of nitrogens with one attached hydrogen (secondary N) is 1. The van der Waals surface area contributed by atoms with Crippen molar-refractivity contribution < 1.29 is 4.74 Å². The van der Waals surface area contributed by atoms with Crippen molar-refractivity contribution in [2.24, 2.45) is 0 Å². The van der Waals surface area contributed by atoms with E-state index in [-0.39, 0.29) is 0 Å². The van der Waals surface area contributed by atoms with E-state index >= 15 is 0 Å². The highest BCUT2D eigenvalue weighted by Crippen LogP contribution is 2.32. The zero-order valence-corrected chi connectivity index (χ0v) is 12.7. The van der Waals surface area contributed by atoms with Crippen molar-refractivity contribution in [2.45, 2.75) is 64.6 Å². The predicted molar refractivity (Wildman–Crippen MR) is 80.9 cm³/mol. The van der Waals surface area contributed by atoms with Gasteiger partial charge in [-0.15, -0.1) is 0 Å². The summed E-state index contributed by atoms with van der Waals surface area (Å²) in [5.41, 5.74) is 1.16. The second kappa shape index (κ2) is 7.16. The Morgan fingerprint density at radius 3 is 2.68 bits per heavy atom. The fraction of sp³-hybridized carbons (Fsp3) is 0.625. The number of ether oxygens (including phenoxy) is 1. The first-order chi connectivity index (χ1) is 9.16. The first kappa shape index (κ1) is 14.7. The third-order valence-electron chi connectivity index (χ3n) is 3.59. The third-order valence-corrected chi connectivity index (χ3v) is 3.88. The van der Waals surface area contributed by atoms with Gasteiger partial charge in [0.15, 0.2) is 0 Å². The summed E-state index contributed by atoms with van der Waals surface area (Å²) in [6.45, 7) is 5.10. The number of hydrogen-bond acceptors (Lipinski definition) is 2. The standard InChI is InChI=1S/C16H24ClNO/c1-12(2)18-11-13-7-6-10-15(17)16(13)19-14-8-4-3-5-9-14/h6-7,10,12,14,18H,3-5,8-9,11H2,1-2H3. The zero-order chi connectivity index (χ0) is 13.7. The van der Waals surface area contributed by atoms with Crippen molar-refractivity contribution in [3.8, 4) is 5.75 Å². The van der Waals surface area contributed by atoms with Gasteiger partial charge in [-0.05, 0) is 31.7 Å². The summed E-state index contributed by atoms with van der Waals surface area (Å²) in [4.78, 5) is 0. The van der Waals surface area contributed by atoms with Gasteiger partial charge in [-0.25, -0.2) is 0 Å². The SMILES string of the molecule is CC(C)NCc1cccc(Cl)c1OC1CCCCC1. The fourth-order valence-corrected chi connectivity index (χ4v) is 2.73. The van der Waals surface area contributed by atoms with Gasteiger partial charge in [-0.1, -0.05) is 44.0 Å². The smallest absolute Gasteiger partial charge is 0.142 e. The lowest BCUT2D eigenvalue weighted by molar-refractivity contribution is 0.153. The molecule has 0 atom stereocenters. The van der Waals surface area contributed by atoms with Gasteiger partial charge < -0.3 is 10.1 Å². The summed E-state index contributed by atoms with van der Waals surface area (Å²) >= 11 is 6.31. The molecule has 19 heavy (non-hydrogen) atoms. The third kappa shape index (κ3) is 4.39. The van der Waals surface area contributed by atoms with Gasteiger partial charge in [0.2, 0.25) is 0 Å². The Morgan fingerprint density at radius 1 is 1.26 bits per heavy atom. The van der Waals surface area contributed by atoms with Gasteiger partial charge in [0.25, 0.3) is 0 Å². The van der Waals surface area contributed by atoms with Crippen LogP contribution in [0, 0.1) is 0 Å². The fourth-order valence-electron chi connectivity index (χ4n) is 2.49. The maximum Gasteiger partial charge on any atom is 0.142 e. The van der Waals surface area contributed by atoms with E-state index in [2.05, 4.69) is 25.2 Å². The predicted octanol–water partition coefficient (Wildman–Crippen LogP) is 4.55. The lowest BCUT2D eigenvalue weighted by atomic mass is 9.97. The second-order valence-electron chi connectivity index (χ2n) is 5.64. The van der Waals surface area contributed by atoms with E-state index in [1.807, 2.05) is 12.1 Å². The topological polar surface area (TPSA) is 21.3 Å². The molecule has 0 saturated heterocycles. The van der Waals surface area contributed by atoms with Gasteiger partial charge in [-0.3, -0.25) is 0 Å². The van der Waals surface area contributed by atoms with Crippen LogP contribution in [-0.4, -0.2) is 12.1 Å². The summed E-state index contributed by atoms with van der Waals surface area (Å²) in [6.07, 6.45) is 6.53. The van der Waals surface area contributed by atoms with Crippen molar-refractivity contribution in [1.29, 1.82) is 0 Å². The van der Waals surface area contributed by atoms with Crippen LogP contribution in [-0.2, 0) is 6.54 Å². The number of benzene rings is 1. The molecule has 1 saturated carbocycles. The van der Waals surface area contributed by atoms with Gasteiger partial charge in [0.05, 0.1) is 11.1 Å². The number of hydrogen-bond donors (Lipinski definition) is 1. The molecule has 0 amide bonds. The van der Waals surface area contributed by atoms with Crippen molar-refractivity contribution in [3.05, 3.63) is 28.8 Å². The summed E-state index contributed by atoms with van der Waals surface area (Å²) in [6, 6.07) is 6.47. The molecule has 0 aliphatic heterocycles. The molecule has 0 heterocycles. The van der Waals surface area contributed by atoms with Crippen molar-refractivity contribution in [3.63, 3.8) is 0 Å². The highest BCUT2D eigenvalue weighted by molar-refractivity contribution is 6.32. The van der Waals surface area contributed by atoms with E-state index in [1.54, 1.807) is 0 Å². The van der Waals surface area contributed by atoms with Crippen LogP contribution in [0.2, 0.25) is 5.02 Å². The summed E-state index contributed by atoms with van der Waals surface area (Å²) < 4.78 is 6.18. The second-order valence-corrected chi connectivity index (χ2v) is 6.05. The van der Waals surface area contributed by atoms with Gasteiger partial charge in [0.1, 0.15) is 5.75 Å². The molecule has 2 nitrogen and oxygen atoms in total. The quantitative estimate of drug-likeness (QED) is 0.855. The molecule has 0 bridgehead atoms. The minimum atomic E-state index is 0.339. The lowest BCUT2D eigenvalue weighted by Gasteiger charge is -2.25. The van der Waals surface area contributed by atoms with Crippen LogP contribution < -0.4 is 10.1 Å². The lowest BCUT2D eigenvalue weighted by Crippen LogP contribution is -2.24. The molecule has 0 spiro atoms. The Hall–Kier alpha value is -0.730. The van der Waals surface area contributed by atoms with Crippen LogP contribution in [0.4, 0.5) is 0 Å². The molecular weight excluding hydrogens is 258 g/mol. The van der Waals surface area contributed by atoms with Crippen LogP contribution in [0.25, 0.3) is 0 Å². The molecule has 1 aliphatic carbocycles. The van der Waals surface area contributed by atoms with Gasteiger partial charge >= 0.3 is 0 Å². The Bertz CT molecular complexity index is 400. The molecule has 0 aromatic heterocycles. The van der Waals surface area contributed by atoms with Crippen LogP contribution in [0.5, 0.6) is 5.75 Å². The Balaban J connectivity index is 2.07. The van der Waals surface area contributed by atoms with Crippen molar-refractivity contribution in [2.75, 3.05) is 0 Å².